The van der Waals surface area contributed by atoms with Crippen molar-refractivity contribution in [3.05, 3.63) is 59.7 Å². The van der Waals surface area contributed by atoms with Crippen LogP contribution in [0, 0.1) is 18.6 Å². The molecule has 0 aliphatic carbocycles. The number of piperazine rings is 1. The van der Waals surface area contributed by atoms with E-state index < -0.39 is 11.6 Å². The monoisotopic (exact) mass is 404 g/mol. The summed E-state index contributed by atoms with van der Waals surface area (Å²) < 4.78 is 27.0. The van der Waals surface area contributed by atoms with E-state index in [1.54, 1.807) is 31.2 Å². The van der Waals surface area contributed by atoms with Crippen LogP contribution in [-0.4, -0.2) is 51.1 Å². The van der Waals surface area contributed by atoms with E-state index in [-0.39, 0.29) is 24.0 Å². The highest BCUT2D eigenvalue weighted by atomic mass is 19.1. The molecule has 6 nitrogen and oxygen atoms in total. The molecule has 154 valence electrons. The van der Waals surface area contributed by atoms with Gasteiger partial charge in [-0.3, -0.25) is 9.59 Å². The summed E-state index contributed by atoms with van der Waals surface area (Å²) in [6, 6.07) is 10.5. The second-order valence-electron chi connectivity index (χ2n) is 7.44. The highest BCUT2D eigenvalue weighted by Gasteiger charge is 2.26. The van der Waals surface area contributed by atoms with Gasteiger partial charge in [-0.1, -0.05) is 12.1 Å². The summed E-state index contributed by atoms with van der Waals surface area (Å²) in [6.07, 6.45) is 0. The molecule has 1 aliphatic rings. The van der Waals surface area contributed by atoms with Gasteiger partial charge in [-0.25, -0.2) is 8.78 Å². The Morgan fingerprint density at radius 2 is 1.52 bits per heavy atom. The molecule has 0 aromatic heterocycles. The third-order valence-electron chi connectivity index (χ3n) is 4.99. The molecule has 2 aromatic carbocycles. The molecule has 0 radical (unpaired) electrons. The number of aryl methyl sites for hydroxylation is 1. The lowest BCUT2D eigenvalue weighted by atomic mass is 10.2. The van der Waals surface area contributed by atoms with Crippen LogP contribution in [0.2, 0.25) is 0 Å². The normalized spacial score (nSPS) is 18.9. The van der Waals surface area contributed by atoms with Gasteiger partial charge >= 0.3 is 0 Å². The summed E-state index contributed by atoms with van der Waals surface area (Å²) >= 11 is 0. The van der Waals surface area contributed by atoms with Crippen LogP contribution in [0.3, 0.4) is 0 Å². The Labute approximate surface area is 168 Å². The van der Waals surface area contributed by atoms with Crippen LogP contribution < -0.4 is 20.4 Å². The van der Waals surface area contributed by atoms with E-state index in [2.05, 4.69) is 10.6 Å². The molecular formula is C21H26F2N4O2+2. The molecule has 0 saturated carbocycles. The van der Waals surface area contributed by atoms with Crippen molar-refractivity contribution in [2.24, 2.45) is 0 Å². The van der Waals surface area contributed by atoms with Crippen molar-refractivity contribution < 1.29 is 28.2 Å². The van der Waals surface area contributed by atoms with Gasteiger partial charge < -0.3 is 20.4 Å². The lowest BCUT2D eigenvalue weighted by Crippen LogP contribution is -3.28. The molecule has 0 unspecified atom stereocenters. The maximum absolute atomic E-state index is 13.9. The van der Waals surface area contributed by atoms with Crippen molar-refractivity contribution in [1.29, 1.82) is 0 Å². The number of anilines is 2. The average Bonchev–Trinajstić information content (AvgIpc) is 2.65. The van der Waals surface area contributed by atoms with Crippen molar-refractivity contribution in [3.63, 3.8) is 0 Å². The standard InChI is InChI=1S/C21H24F2N4O2/c1-15-5-6-19(18(23)11-15)25-21(29)14-27-9-7-26(8-10-27)13-20(28)24-17-4-2-3-16(22)12-17/h2-6,11-12H,7-10,13-14H2,1H3,(H,24,28)(H,25,29)/p+2. The minimum Gasteiger partial charge on any atom is -0.321 e. The highest BCUT2D eigenvalue weighted by molar-refractivity contribution is 5.92. The molecule has 1 fully saturated rings. The number of halogens is 2. The second-order valence-corrected chi connectivity index (χ2v) is 7.44. The number of carbonyl (C=O) groups excluding carboxylic acids is 2. The first-order chi connectivity index (χ1) is 13.9. The van der Waals surface area contributed by atoms with Gasteiger partial charge in [-0.15, -0.1) is 0 Å². The molecule has 0 bridgehead atoms. The quantitative estimate of drug-likeness (QED) is 0.531. The zero-order valence-corrected chi connectivity index (χ0v) is 16.4. The molecule has 0 atom stereocenters. The summed E-state index contributed by atoms with van der Waals surface area (Å²) in [4.78, 5) is 26.6. The zero-order chi connectivity index (χ0) is 20.8. The zero-order valence-electron chi connectivity index (χ0n) is 16.4. The van der Waals surface area contributed by atoms with E-state index in [9.17, 15) is 18.4 Å². The smallest absolute Gasteiger partial charge is 0.279 e. The molecule has 29 heavy (non-hydrogen) atoms. The maximum Gasteiger partial charge on any atom is 0.279 e. The summed E-state index contributed by atoms with van der Waals surface area (Å²) in [7, 11) is 0. The van der Waals surface area contributed by atoms with Gasteiger partial charge in [0.1, 0.15) is 37.8 Å². The fraction of sp³-hybridized carbons (Fsp3) is 0.333. The van der Waals surface area contributed by atoms with E-state index >= 15 is 0 Å². The van der Waals surface area contributed by atoms with E-state index in [1.165, 1.54) is 18.2 Å². The Morgan fingerprint density at radius 3 is 2.10 bits per heavy atom. The predicted octanol–water partition coefficient (Wildman–Crippen LogP) is -0.366. The first-order valence-corrected chi connectivity index (χ1v) is 9.67. The number of amides is 2. The van der Waals surface area contributed by atoms with Gasteiger partial charge in [-0.2, -0.15) is 0 Å². The maximum atomic E-state index is 13.9. The fourth-order valence-corrected chi connectivity index (χ4v) is 3.45. The van der Waals surface area contributed by atoms with Crippen LogP contribution in [0.15, 0.2) is 42.5 Å². The SMILES string of the molecule is Cc1ccc(NC(=O)C[NH+]2CC[NH+](CC(=O)Nc3cccc(F)c3)CC2)c(F)c1. The highest BCUT2D eigenvalue weighted by Crippen LogP contribution is 2.14. The largest absolute Gasteiger partial charge is 0.321 e. The van der Waals surface area contributed by atoms with Gasteiger partial charge in [0.25, 0.3) is 11.8 Å². The summed E-state index contributed by atoms with van der Waals surface area (Å²) in [5, 5.41) is 5.33. The number of benzene rings is 2. The number of quaternary nitrogens is 2. The number of nitrogens with one attached hydrogen (secondary N) is 4. The Kier molecular flexibility index (Phi) is 6.90. The van der Waals surface area contributed by atoms with Crippen molar-refractivity contribution in [2.75, 3.05) is 49.9 Å². The Bertz CT molecular complexity index is 883. The minimum absolute atomic E-state index is 0.165. The third kappa shape index (κ3) is 6.33. The summed E-state index contributed by atoms with van der Waals surface area (Å²) in [6.45, 7) is 5.33. The molecule has 1 heterocycles. The van der Waals surface area contributed by atoms with Crippen LogP contribution in [0.1, 0.15) is 5.56 Å². The van der Waals surface area contributed by atoms with E-state index in [0.717, 1.165) is 41.5 Å². The van der Waals surface area contributed by atoms with Gasteiger partial charge in [0, 0.05) is 5.69 Å². The topological polar surface area (TPSA) is 67.1 Å². The molecule has 4 N–H and O–H groups in total. The van der Waals surface area contributed by atoms with Crippen molar-refractivity contribution in [3.8, 4) is 0 Å². The molecule has 8 heteroatoms. The van der Waals surface area contributed by atoms with Crippen LogP contribution in [0.25, 0.3) is 0 Å². The van der Waals surface area contributed by atoms with E-state index in [4.69, 9.17) is 0 Å². The lowest BCUT2D eigenvalue weighted by Gasteiger charge is -2.29. The molecular weight excluding hydrogens is 378 g/mol. The van der Waals surface area contributed by atoms with Gasteiger partial charge in [0.05, 0.1) is 5.69 Å². The summed E-state index contributed by atoms with van der Waals surface area (Å²) in [5.74, 6) is -1.22. The Hall–Kier alpha value is -2.84. The average molecular weight is 404 g/mol. The number of hydrogen-bond acceptors (Lipinski definition) is 2. The van der Waals surface area contributed by atoms with E-state index in [0.29, 0.717) is 12.2 Å². The molecule has 1 aliphatic heterocycles. The predicted molar refractivity (Wildman–Crippen MR) is 106 cm³/mol. The fourth-order valence-electron chi connectivity index (χ4n) is 3.45. The molecule has 2 aromatic rings. The number of rotatable bonds is 6. The van der Waals surface area contributed by atoms with Crippen molar-refractivity contribution in [2.45, 2.75) is 6.92 Å². The molecule has 1 saturated heterocycles. The van der Waals surface area contributed by atoms with Crippen LogP contribution in [0.5, 0.6) is 0 Å². The van der Waals surface area contributed by atoms with E-state index in [1.807, 2.05) is 0 Å². The number of hydrogen-bond donors (Lipinski definition) is 4. The van der Waals surface area contributed by atoms with Crippen LogP contribution in [0.4, 0.5) is 20.2 Å². The molecule has 3 rings (SSSR count). The van der Waals surface area contributed by atoms with Crippen molar-refractivity contribution in [1.82, 2.24) is 0 Å². The van der Waals surface area contributed by atoms with Crippen LogP contribution in [-0.2, 0) is 9.59 Å². The summed E-state index contributed by atoms with van der Waals surface area (Å²) in [5.41, 5.74) is 1.43. The van der Waals surface area contributed by atoms with Gasteiger partial charge in [-0.05, 0) is 42.8 Å². The number of carbonyl (C=O) groups is 2. The Balaban J connectivity index is 1.40. The second kappa shape index (κ2) is 9.58. The lowest BCUT2D eigenvalue weighted by molar-refractivity contribution is -1.00. The first-order valence-electron chi connectivity index (χ1n) is 9.67. The molecule has 2 amide bonds. The molecule has 0 spiro atoms. The van der Waals surface area contributed by atoms with Crippen LogP contribution >= 0.6 is 0 Å². The Morgan fingerprint density at radius 1 is 0.897 bits per heavy atom. The first kappa shape index (κ1) is 20.9. The minimum atomic E-state index is -0.438. The third-order valence-corrected chi connectivity index (χ3v) is 4.99. The van der Waals surface area contributed by atoms with Gasteiger partial charge in [0.15, 0.2) is 13.1 Å². The van der Waals surface area contributed by atoms with Gasteiger partial charge in [0.2, 0.25) is 0 Å². The van der Waals surface area contributed by atoms with Crippen molar-refractivity contribution >= 4 is 23.2 Å².